The Morgan fingerprint density at radius 3 is 2.66 bits per heavy atom. The van der Waals surface area contributed by atoms with Crippen molar-refractivity contribution in [3.63, 3.8) is 0 Å². The third-order valence-corrected chi connectivity index (χ3v) is 6.10. The number of hydrogen-bond donors (Lipinski definition) is 1. The first-order chi connectivity index (χ1) is 15.5. The molecule has 1 aliphatic heterocycles. The molecule has 1 atom stereocenters. The van der Waals surface area contributed by atoms with Crippen molar-refractivity contribution in [1.82, 2.24) is 14.5 Å². The van der Waals surface area contributed by atoms with Gasteiger partial charge in [-0.3, -0.25) is 9.36 Å². The van der Waals surface area contributed by atoms with Gasteiger partial charge in [-0.25, -0.2) is 4.98 Å². The van der Waals surface area contributed by atoms with E-state index in [1.54, 1.807) is 26.5 Å². The third-order valence-electron chi connectivity index (χ3n) is 6.10. The minimum Gasteiger partial charge on any atom is -0.493 e. The van der Waals surface area contributed by atoms with Crippen LogP contribution in [0.15, 0.2) is 35.3 Å². The molecule has 8 heteroatoms. The maximum atomic E-state index is 12.8. The Balaban J connectivity index is 1.59. The van der Waals surface area contributed by atoms with Gasteiger partial charge in [0.2, 0.25) is 5.95 Å². The molecule has 3 aromatic rings. The quantitative estimate of drug-likeness (QED) is 0.602. The van der Waals surface area contributed by atoms with Crippen LogP contribution in [0, 0.1) is 6.92 Å². The molecule has 32 heavy (non-hydrogen) atoms. The fourth-order valence-electron chi connectivity index (χ4n) is 4.17. The molecule has 0 radical (unpaired) electrons. The van der Waals surface area contributed by atoms with E-state index in [0.29, 0.717) is 42.9 Å². The molecule has 2 aromatic heterocycles. The predicted octanol–water partition coefficient (Wildman–Crippen LogP) is 3.68. The normalized spacial score (nSPS) is 15.5. The number of fused-ring (bicyclic) bond motifs is 1. The van der Waals surface area contributed by atoms with Crippen molar-refractivity contribution in [2.45, 2.75) is 38.6 Å². The molecule has 0 bridgehead atoms. The number of nitrogens with one attached hydrogen (secondary N) is 1. The van der Waals surface area contributed by atoms with Gasteiger partial charge in [-0.2, -0.15) is 4.98 Å². The molecule has 1 fully saturated rings. The Bertz CT molecular complexity index is 1150. The van der Waals surface area contributed by atoms with E-state index in [4.69, 9.17) is 19.2 Å². The van der Waals surface area contributed by atoms with E-state index in [2.05, 4.69) is 17.2 Å². The standard InChI is InChI=1S/C24H30N4O4/c1-15-11-22(29)28(18-7-9-32-10-8-18)23-19(15)14-26-24(27-23)25-13-16(2)17-5-6-20(30-3)21(12-17)31-4/h5-6,11-12,14,16,18H,7-10,13H2,1-4H3,(H,25,26,27). The number of anilines is 1. The van der Waals surface area contributed by atoms with Crippen molar-refractivity contribution in [3.05, 3.63) is 51.9 Å². The number of aromatic nitrogens is 3. The molecule has 0 aliphatic carbocycles. The smallest absolute Gasteiger partial charge is 0.252 e. The van der Waals surface area contributed by atoms with E-state index < -0.39 is 0 Å². The van der Waals surface area contributed by atoms with Gasteiger partial charge in [0.05, 0.1) is 14.2 Å². The SMILES string of the molecule is COc1ccc(C(C)CNc2ncc3c(C)cc(=O)n(C4CCOCC4)c3n2)cc1OC. The summed E-state index contributed by atoms with van der Waals surface area (Å²) in [5, 5.41) is 4.23. The lowest BCUT2D eigenvalue weighted by Gasteiger charge is -2.25. The molecule has 4 rings (SSSR count). The van der Waals surface area contributed by atoms with E-state index in [-0.39, 0.29) is 17.5 Å². The van der Waals surface area contributed by atoms with Crippen molar-refractivity contribution in [3.8, 4) is 11.5 Å². The lowest BCUT2D eigenvalue weighted by molar-refractivity contribution is 0.0697. The first-order valence-electron chi connectivity index (χ1n) is 10.9. The Kier molecular flexibility index (Phi) is 6.60. The summed E-state index contributed by atoms with van der Waals surface area (Å²) >= 11 is 0. The number of aryl methyl sites for hydroxylation is 1. The minimum absolute atomic E-state index is 0.0229. The lowest BCUT2D eigenvalue weighted by Crippen LogP contribution is -2.30. The number of methoxy groups -OCH3 is 2. The van der Waals surface area contributed by atoms with Gasteiger partial charge in [0.15, 0.2) is 11.5 Å². The molecule has 1 aliphatic rings. The fourth-order valence-corrected chi connectivity index (χ4v) is 4.17. The molecule has 1 N–H and O–H groups in total. The third kappa shape index (κ3) is 4.41. The van der Waals surface area contributed by atoms with Crippen LogP contribution in [0.1, 0.15) is 42.9 Å². The van der Waals surface area contributed by atoms with Gasteiger partial charge in [0.25, 0.3) is 5.56 Å². The highest BCUT2D eigenvalue weighted by Gasteiger charge is 2.21. The van der Waals surface area contributed by atoms with Crippen molar-refractivity contribution in [1.29, 1.82) is 0 Å². The highest BCUT2D eigenvalue weighted by molar-refractivity contribution is 5.79. The number of ether oxygens (including phenoxy) is 3. The predicted molar refractivity (Wildman–Crippen MR) is 124 cm³/mol. The van der Waals surface area contributed by atoms with Crippen LogP contribution in [0.3, 0.4) is 0 Å². The Labute approximate surface area is 187 Å². The molecule has 0 spiro atoms. The van der Waals surface area contributed by atoms with E-state index in [1.807, 2.05) is 29.7 Å². The molecule has 1 unspecified atom stereocenters. The van der Waals surface area contributed by atoms with Gasteiger partial charge >= 0.3 is 0 Å². The second-order valence-electron chi connectivity index (χ2n) is 8.21. The number of pyridine rings is 1. The number of nitrogens with zero attached hydrogens (tertiary/aromatic N) is 3. The highest BCUT2D eigenvalue weighted by atomic mass is 16.5. The van der Waals surface area contributed by atoms with Crippen LogP contribution in [0.5, 0.6) is 11.5 Å². The molecular formula is C24H30N4O4. The minimum atomic E-state index is -0.0229. The number of rotatable bonds is 7. The lowest BCUT2D eigenvalue weighted by atomic mass is 10.0. The molecule has 170 valence electrons. The topological polar surface area (TPSA) is 87.5 Å². The summed E-state index contributed by atoms with van der Waals surface area (Å²) in [6.45, 7) is 6.00. The Morgan fingerprint density at radius 1 is 1.19 bits per heavy atom. The van der Waals surface area contributed by atoms with E-state index in [0.717, 1.165) is 29.4 Å². The second kappa shape index (κ2) is 9.56. The summed E-state index contributed by atoms with van der Waals surface area (Å²) in [6.07, 6.45) is 3.42. The van der Waals surface area contributed by atoms with Gasteiger partial charge < -0.3 is 19.5 Å². The Hall–Kier alpha value is -3.13. The zero-order valence-corrected chi connectivity index (χ0v) is 19.1. The van der Waals surface area contributed by atoms with E-state index in [9.17, 15) is 4.79 Å². The number of hydrogen-bond acceptors (Lipinski definition) is 7. The average molecular weight is 439 g/mol. The molecule has 1 saturated heterocycles. The Morgan fingerprint density at radius 2 is 1.94 bits per heavy atom. The second-order valence-corrected chi connectivity index (χ2v) is 8.21. The van der Waals surface area contributed by atoms with Gasteiger partial charge in [-0.15, -0.1) is 0 Å². The molecule has 0 amide bonds. The summed E-state index contributed by atoms with van der Waals surface area (Å²) in [5.41, 5.74) is 2.66. The summed E-state index contributed by atoms with van der Waals surface area (Å²) < 4.78 is 18.0. The first-order valence-corrected chi connectivity index (χ1v) is 10.9. The molecule has 0 saturated carbocycles. The maximum Gasteiger partial charge on any atom is 0.252 e. The van der Waals surface area contributed by atoms with Crippen LogP contribution in [-0.2, 0) is 4.74 Å². The average Bonchev–Trinajstić information content (AvgIpc) is 2.82. The van der Waals surface area contributed by atoms with Crippen LogP contribution < -0.4 is 20.3 Å². The zero-order chi connectivity index (χ0) is 22.7. The zero-order valence-electron chi connectivity index (χ0n) is 19.1. The molecule has 3 heterocycles. The monoisotopic (exact) mass is 438 g/mol. The van der Waals surface area contributed by atoms with Crippen molar-refractivity contribution in [2.75, 3.05) is 39.3 Å². The maximum absolute atomic E-state index is 12.8. The van der Waals surface area contributed by atoms with Crippen LogP contribution in [-0.4, -0.2) is 48.5 Å². The summed E-state index contributed by atoms with van der Waals surface area (Å²) in [6, 6.07) is 7.69. The summed E-state index contributed by atoms with van der Waals surface area (Å²) in [4.78, 5) is 22.1. The van der Waals surface area contributed by atoms with Gasteiger partial charge in [-0.1, -0.05) is 13.0 Å². The number of benzene rings is 1. The largest absolute Gasteiger partial charge is 0.493 e. The van der Waals surface area contributed by atoms with Gasteiger partial charge in [0, 0.05) is 43.4 Å². The van der Waals surface area contributed by atoms with Crippen LogP contribution >= 0.6 is 0 Å². The van der Waals surface area contributed by atoms with Crippen LogP contribution in [0.2, 0.25) is 0 Å². The van der Waals surface area contributed by atoms with Crippen molar-refractivity contribution < 1.29 is 14.2 Å². The van der Waals surface area contributed by atoms with E-state index >= 15 is 0 Å². The van der Waals surface area contributed by atoms with E-state index in [1.165, 1.54) is 0 Å². The van der Waals surface area contributed by atoms with Crippen LogP contribution in [0.4, 0.5) is 5.95 Å². The summed E-state index contributed by atoms with van der Waals surface area (Å²) in [5.74, 6) is 2.10. The fraction of sp³-hybridized carbons (Fsp3) is 0.458. The van der Waals surface area contributed by atoms with Crippen molar-refractivity contribution in [2.24, 2.45) is 0 Å². The first kappa shape index (κ1) is 22.1. The molecule has 1 aromatic carbocycles. The van der Waals surface area contributed by atoms with Gasteiger partial charge in [0.1, 0.15) is 5.65 Å². The summed E-state index contributed by atoms with van der Waals surface area (Å²) in [7, 11) is 3.26. The van der Waals surface area contributed by atoms with Crippen LogP contribution in [0.25, 0.3) is 11.0 Å². The molecular weight excluding hydrogens is 408 g/mol. The highest BCUT2D eigenvalue weighted by Crippen LogP contribution is 2.31. The van der Waals surface area contributed by atoms with Crippen molar-refractivity contribution >= 4 is 17.0 Å². The van der Waals surface area contributed by atoms with Gasteiger partial charge in [-0.05, 0) is 48.9 Å². The molecule has 8 nitrogen and oxygen atoms in total.